The molecule has 1 atom stereocenters. The summed E-state index contributed by atoms with van der Waals surface area (Å²) < 4.78 is 6.49. The van der Waals surface area contributed by atoms with Gasteiger partial charge in [-0.05, 0) is 19.1 Å². The standard InChI is InChI=1S/C19H16N2O4.2C2H6/c1-3-5-10-6-11-8-21-15(16(11)20-14(10)4-2)7-12-13(18(21)23)9-25-19(24)17(12)22;2*1-2/h3-7,17,22H,1,8-9H2,2H3;2*1-2H3/b10-5-,14-4+;;. The van der Waals surface area contributed by atoms with Crippen LogP contribution in [-0.2, 0) is 22.7 Å². The van der Waals surface area contributed by atoms with E-state index in [1.807, 2.05) is 52.8 Å². The molecular weight excluding hydrogens is 368 g/mol. The number of fused-ring (bicyclic) bond motifs is 4. The molecule has 0 radical (unpaired) electrons. The molecule has 4 rings (SSSR count). The van der Waals surface area contributed by atoms with Crippen molar-refractivity contribution in [3.8, 4) is 11.4 Å². The third kappa shape index (κ3) is 3.80. The van der Waals surface area contributed by atoms with Gasteiger partial charge in [-0.25, -0.2) is 9.78 Å². The monoisotopic (exact) mass is 396 g/mol. The molecule has 0 bridgehead atoms. The van der Waals surface area contributed by atoms with E-state index in [-0.39, 0.29) is 12.2 Å². The largest absolute Gasteiger partial charge is 0.458 e. The predicted octanol–water partition coefficient (Wildman–Crippen LogP) is 2.18. The van der Waals surface area contributed by atoms with Gasteiger partial charge in [0.2, 0.25) is 0 Å². The lowest BCUT2D eigenvalue weighted by atomic mass is 10.0. The van der Waals surface area contributed by atoms with E-state index in [9.17, 15) is 14.7 Å². The summed E-state index contributed by atoms with van der Waals surface area (Å²) in [6.07, 6.45) is 4.02. The number of aliphatic hydroxyl groups is 1. The summed E-state index contributed by atoms with van der Waals surface area (Å²) >= 11 is 0. The molecule has 0 aromatic carbocycles. The number of carbonyl (C=O) groups excluding carboxylic acids is 1. The van der Waals surface area contributed by atoms with Gasteiger partial charge in [-0.1, -0.05) is 52.5 Å². The van der Waals surface area contributed by atoms with Gasteiger partial charge in [0.25, 0.3) is 5.56 Å². The maximum atomic E-state index is 12.8. The van der Waals surface area contributed by atoms with Crippen molar-refractivity contribution in [2.75, 3.05) is 0 Å². The van der Waals surface area contributed by atoms with Crippen LogP contribution in [0.3, 0.4) is 0 Å². The number of rotatable bonds is 1. The minimum Gasteiger partial charge on any atom is -0.458 e. The molecule has 2 aromatic heterocycles. The molecule has 2 aliphatic rings. The summed E-state index contributed by atoms with van der Waals surface area (Å²) in [6.45, 7) is 13.9. The van der Waals surface area contributed by atoms with Crippen molar-refractivity contribution in [3.05, 3.63) is 62.4 Å². The Bertz CT molecular complexity index is 1110. The van der Waals surface area contributed by atoms with Gasteiger partial charge in [0.05, 0.1) is 28.8 Å². The highest BCUT2D eigenvalue weighted by Gasteiger charge is 2.33. The Balaban J connectivity index is 0.000000707. The SMILES string of the molecule is C=C/C=c1/cc2c(n/c1=C/C)-c1cc3c(c(=O)n1C2)COC(=O)C3O.CC.CC. The van der Waals surface area contributed by atoms with E-state index < -0.39 is 12.1 Å². The molecule has 4 heterocycles. The molecule has 2 aromatic rings. The van der Waals surface area contributed by atoms with Gasteiger partial charge < -0.3 is 14.4 Å². The summed E-state index contributed by atoms with van der Waals surface area (Å²) in [6, 6.07) is 3.67. The van der Waals surface area contributed by atoms with Crippen LogP contribution in [0.1, 0.15) is 57.4 Å². The fraction of sp³-hybridized carbons (Fsp3) is 0.348. The topological polar surface area (TPSA) is 81.4 Å². The summed E-state index contributed by atoms with van der Waals surface area (Å²) in [5.74, 6) is -0.735. The molecule has 2 aliphatic heterocycles. The molecule has 0 spiro atoms. The summed E-state index contributed by atoms with van der Waals surface area (Å²) in [5.41, 5.74) is 2.60. The average Bonchev–Trinajstić information content (AvgIpc) is 3.11. The quantitative estimate of drug-likeness (QED) is 0.638. The molecule has 0 fully saturated rings. The Morgan fingerprint density at radius 3 is 2.55 bits per heavy atom. The smallest absolute Gasteiger partial charge is 0.340 e. The minimum absolute atomic E-state index is 0.113. The van der Waals surface area contributed by atoms with Crippen molar-refractivity contribution in [1.82, 2.24) is 9.55 Å². The molecule has 1 unspecified atom stereocenters. The van der Waals surface area contributed by atoms with Gasteiger partial charge in [-0.2, -0.15) is 0 Å². The molecule has 0 aliphatic carbocycles. The molecule has 0 saturated heterocycles. The van der Waals surface area contributed by atoms with E-state index in [0.717, 1.165) is 16.1 Å². The van der Waals surface area contributed by atoms with Gasteiger partial charge >= 0.3 is 5.97 Å². The van der Waals surface area contributed by atoms with Gasteiger partial charge in [-0.3, -0.25) is 4.79 Å². The molecule has 6 heteroatoms. The number of hydrogen-bond donors (Lipinski definition) is 1. The Morgan fingerprint density at radius 1 is 1.24 bits per heavy atom. The van der Waals surface area contributed by atoms with Crippen LogP contribution in [0, 0.1) is 0 Å². The van der Waals surface area contributed by atoms with Crippen LogP contribution in [-0.4, -0.2) is 20.6 Å². The fourth-order valence-electron chi connectivity index (χ4n) is 3.39. The second-order valence-corrected chi connectivity index (χ2v) is 6.03. The number of allylic oxidation sites excluding steroid dienone is 1. The highest BCUT2D eigenvalue weighted by molar-refractivity contribution is 5.79. The van der Waals surface area contributed by atoms with Crippen LogP contribution in [0.4, 0.5) is 0 Å². The molecule has 1 N–H and O–H groups in total. The Kier molecular flexibility index (Phi) is 7.29. The van der Waals surface area contributed by atoms with Crippen molar-refractivity contribution in [2.45, 2.75) is 53.9 Å². The van der Waals surface area contributed by atoms with Gasteiger partial charge in [-0.15, -0.1) is 0 Å². The second-order valence-electron chi connectivity index (χ2n) is 6.03. The lowest BCUT2D eigenvalue weighted by molar-refractivity contribution is -0.157. The first-order chi connectivity index (χ1) is 14.0. The summed E-state index contributed by atoms with van der Waals surface area (Å²) in [4.78, 5) is 29.1. The zero-order valence-electron chi connectivity index (χ0n) is 17.7. The number of aromatic nitrogens is 2. The predicted molar refractivity (Wildman–Crippen MR) is 115 cm³/mol. The zero-order valence-corrected chi connectivity index (χ0v) is 17.7. The fourth-order valence-corrected chi connectivity index (χ4v) is 3.39. The van der Waals surface area contributed by atoms with E-state index >= 15 is 0 Å². The molecule has 0 saturated carbocycles. The van der Waals surface area contributed by atoms with Gasteiger partial charge in [0.15, 0.2) is 6.10 Å². The van der Waals surface area contributed by atoms with Gasteiger partial charge in [0, 0.05) is 16.3 Å². The first kappa shape index (κ1) is 22.3. The van der Waals surface area contributed by atoms with Crippen LogP contribution in [0.2, 0.25) is 0 Å². The van der Waals surface area contributed by atoms with Crippen LogP contribution in [0.5, 0.6) is 0 Å². The van der Waals surface area contributed by atoms with E-state index in [0.29, 0.717) is 29.1 Å². The van der Waals surface area contributed by atoms with E-state index in [4.69, 9.17) is 4.74 Å². The lowest BCUT2D eigenvalue weighted by Crippen LogP contribution is -2.32. The van der Waals surface area contributed by atoms with Crippen molar-refractivity contribution in [2.24, 2.45) is 0 Å². The number of nitrogens with zero attached hydrogens (tertiary/aromatic N) is 2. The highest BCUT2D eigenvalue weighted by atomic mass is 16.5. The van der Waals surface area contributed by atoms with E-state index in [1.54, 1.807) is 16.7 Å². The van der Waals surface area contributed by atoms with Crippen molar-refractivity contribution in [1.29, 1.82) is 0 Å². The van der Waals surface area contributed by atoms with Crippen LogP contribution >= 0.6 is 0 Å². The van der Waals surface area contributed by atoms with E-state index in [2.05, 4.69) is 11.6 Å². The maximum Gasteiger partial charge on any atom is 0.340 e. The number of carbonyl (C=O) groups is 1. The summed E-state index contributed by atoms with van der Waals surface area (Å²) in [7, 11) is 0. The molecule has 154 valence electrons. The molecule has 0 amide bonds. The van der Waals surface area contributed by atoms with Crippen LogP contribution < -0.4 is 16.1 Å². The number of esters is 1. The summed E-state index contributed by atoms with van der Waals surface area (Å²) in [5, 5.41) is 11.8. The molecular formula is C23H28N2O4. The van der Waals surface area contributed by atoms with Crippen molar-refractivity contribution in [3.63, 3.8) is 0 Å². The first-order valence-electron chi connectivity index (χ1n) is 9.96. The number of aliphatic hydroxyl groups excluding tert-OH is 1. The number of cyclic esters (lactones) is 1. The third-order valence-electron chi connectivity index (χ3n) is 4.62. The van der Waals surface area contributed by atoms with Crippen LogP contribution in [0.15, 0.2) is 29.6 Å². The van der Waals surface area contributed by atoms with Crippen LogP contribution in [0.25, 0.3) is 23.5 Å². The molecule has 6 nitrogen and oxygen atoms in total. The number of ether oxygens (including phenoxy) is 1. The van der Waals surface area contributed by atoms with Crippen molar-refractivity contribution >= 4 is 18.1 Å². The lowest BCUT2D eigenvalue weighted by Gasteiger charge is -2.21. The van der Waals surface area contributed by atoms with E-state index in [1.165, 1.54) is 0 Å². The number of hydrogen-bond acceptors (Lipinski definition) is 5. The molecule has 29 heavy (non-hydrogen) atoms. The normalized spacial score (nSPS) is 17.0. The van der Waals surface area contributed by atoms with Gasteiger partial charge in [0.1, 0.15) is 6.61 Å². The Morgan fingerprint density at radius 2 is 1.93 bits per heavy atom. The minimum atomic E-state index is -1.43. The zero-order chi connectivity index (χ0) is 21.7. The Labute approximate surface area is 170 Å². The Hall–Kier alpha value is -2.99. The number of pyridine rings is 2. The second kappa shape index (κ2) is 9.47. The third-order valence-corrected chi connectivity index (χ3v) is 4.62. The highest BCUT2D eigenvalue weighted by Crippen LogP contribution is 2.32. The maximum absolute atomic E-state index is 12.8. The first-order valence-corrected chi connectivity index (χ1v) is 9.96. The van der Waals surface area contributed by atoms with Crippen molar-refractivity contribution < 1.29 is 14.6 Å². The average molecular weight is 396 g/mol.